The lowest BCUT2D eigenvalue weighted by atomic mass is 10.2. The van der Waals surface area contributed by atoms with Crippen molar-refractivity contribution in [3.05, 3.63) is 23.9 Å². The summed E-state index contributed by atoms with van der Waals surface area (Å²) in [6.45, 7) is 10.9. The van der Waals surface area contributed by atoms with E-state index in [2.05, 4.69) is 37.3 Å². The Hall–Kier alpha value is -1.46. The first kappa shape index (κ1) is 23.8. The number of likely N-dealkylation sites (tertiary alicyclic amines) is 1. The number of nitrogens with one attached hydrogen (secondary N) is 2. The van der Waals surface area contributed by atoms with Crippen molar-refractivity contribution in [2.75, 3.05) is 57.8 Å². The maximum atomic E-state index is 12.2. The van der Waals surface area contributed by atoms with Crippen LogP contribution in [0.5, 0.6) is 0 Å². The number of rotatable bonds is 6. The number of carbonyl (C=O) groups is 1. The van der Waals surface area contributed by atoms with Crippen LogP contribution in [-0.2, 0) is 9.53 Å². The fourth-order valence-electron chi connectivity index (χ4n) is 3.68. The van der Waals surface area contributed by atoms with Gasteiger partial charge in [-0.3, -0.25) is 14.7 Å². The third-order valence-corrected chi connectivity index (χ3v) is 5.12. The number of morpholine rings is 1. The monoisotopic (exact) mass is 516 g/mol. The zero-order valence-corrected chi connectivity index (χ0v) is 19.7. The van der Waals surface area contributed by atoms with Gasteiger partial charge in [-0.05, 0) is 32.4 Å². The highest BCUT2D eigenvalue weighted by Gasteiger charge is 2.30. The van der Waals surface area contributed by atoms with Crippen molar-refractivity contribution in [2.24, 2.45) is 4.99 Å². The summed E-state index contributed by atoms with van der Waals surface area (Å²) in [4.78, 5) is 26.0. The van der Waals surface area contributed by atoms with E-state index >= 15 is 0 Å². The highest BCUT2D eigenvalue weighted by molar-refractivity contribution is 14.0. The van der Waals surface area contributed by atoms with E-state index in [-0.39, 0.29) is 29.9 Å². The number of ether oxygens (including phenoxy) is 1. The molecule has 8 nitrogen and oxygen atoms in total. The Morgan fingerprint density at radius 1 is 1.31 bits per heavy atom. The molecule has 3 heterocycles. The van der Waals surface area contributed by atoms with E-state index in [1.165, 1.54) is 0 Å². The summed E-state index contributed by atoms with van der Waals surface area (Å²) in [5.74, 6) is 1.43. The molecule has 1 amide bonds. The maximum Gasteiger partial charge on any atom is 0.227 e. The normalized spacial score (nSPS) is 20.3. The molecule has 0 saturated carbocycles. The summed E-state index contributed by atoms with van der Waals surface area (Å²) < 4.78 is 5.46. The quantitative estimate of drug-likeness (QED) is 0.341. The number of aliphatic imine (C=N–C) groups is 1. The number of amides is 1. The van der Waals surface area contributed by atoms with Crippen molar-refractivity contribution in [1.82, 2.24) is 20.1 Å². The summed E-state index contributed by atoms with van der Waals surface area (Å²) in [5, 5.41) is 6.20. The number of halogens is 1. The Balaban J connectivity index is 0.00000300. The second kappa shape index (κ2) is 12.3. The maximum absolute atomic E-state index is 12.2. The molecule has 0 aromatic carbocycles. The number of hydrogen-bond donors (Lipinski definition) is 2. The summed E-state index contributed by atoms with van der Waals surface area (Å²) in [6.07, 6.45) is 1.48. The Labute approximate surface area is 190 Å². The van der Waals surface area contributed by atoms with Gasteiger partial charge < -0.3 is 20.3 Å². The Morgan fingerprint density at radius 3 is 2.83 bits per heavy atom. The van der Waals surface area contributed by atoms with Crippen molar-refractivity contribution in [3.63, 3.8) is 0 Å². The third-order valence-electron chi connectivity index (χ3n) is 5.12. The van der Waals surface area contributed by atoms with Gasteiger partial charge in [-0.1, -0.05) is 6.07 Å². The molecule has 1 aromatic heterocycles. The van der Waals surface area contributed by atoms with Crippen molar-refractivity contribution in [3.8, 4) is 0 Å². The summed E-state index contributed by atoms with van der Waals surface area (Å²) in [6, 6.07) is 6.15. The molecule has 2 saturated heterocycles. The first-order valence-electron chi connectivity index (χ1n) is 10.2. The Bertz CT molecular complexity index is 681. The van der Waals surface area contributed by atoms with Crippen LogP contribution in [-0.4, -0.2) is 85.2 Å². The van der Waals surface area contributed by atoms with Gasteiger partial charge in [-0.15, -0.1) is 24.0 Å². The van der Waals surface area contributed by atoms with Crippen LogP contribution in [0.1, 0.15) is 25.5 Å². The number of carbonyl (C=O) groups excluding carboxylic acids is 1. The van der Waals surface area contributed by atoms with E-state index < -0.39 is 0 Å². The molecule has 162 valence electrons. The van der Waals surface area contributed by atoms with E-state index in [9.17, 15) is 4.79 Å². The molecule has 2 N–H and O–H groups in total. The summed E-state index contributed by atoms with van der Waals surface area (Å²) in [7, 11) is 0. The van der Waals surface area contributed by atoms with Crippen molar-refractivity contribution >= 4 is 41.7 Å². The van der Waals surface area contributed by atoms with E-state index in [0.29, 0.717) is 24.8 Å². The SMILES string of the molecule is CCNC(=NCCC(=O)Nc1cccc(C)n1)N1CCC(N2CCOCC2)C1.I. The summed E-state index contributed by atoms with van der Waals surface area (Å²) >= 11 is 0. The minimum Gasteiger partial charge on any atom is -0.379 e. The van der Waals surface area contributed by atoms with Crippen LogP contribution in [0.3, 0.4) is 0 Å². The lowest BCUT2D eigenvalue weighted by molar-refractivity contribution is -0.116. The molecule has 2 fully saturated rings. The number of pyridine rings is 1. The van der Waals surface area contributed by atoms with Crippen LogP contribution in [0.25, 0.3) is 0 Å². The van der Waals surface area contributed by atoms with Crippen molar-refractivity contribution < 1.29 is 9.53 Å². The smallest absolute Gasteiger partial charge is 0.227 e. The first-order chi connectivity index (χ1) is 13.7. The van der Waals surface area contributed by atoms with Crippen LogP contribution in [0.2, 0.25) is 0 Å². The molecule has 0 bridgehead atoms. The van der Waals surface area contributed by atoms with E-state index in [0.717, 1.165) is 64.0 Å². The van der Waals surface area contributed by atoms with Crippen LogP contribution < -0.4 is 10.6 Å². The van der Waals surface area contributed by atoms with Gasteiger partial charge in [0.15, 0.2) is 5.96 Å². The second-order valence-electron chi connectivity index (χ2n) is 7.23. The van der Waals surface area contributed by atoms with Gasteiger partial charge >= 0.3 is 0 Å². The molecule has 29 heavy (non-hydrogen) atoms. The number of anilines is 1. The highest BCUT2D eigenvalue weighted by Crippen LogP contribution is 2.17. The van der Waals surface area contributed by atoms with Gasteiger partial charge in [0.05, 0.1) is 19.8 Å². The summed E-state index contributed by atoms with van der Waals surface area (Å²) in [5.41, 5.74) is 0.883. The zero-order valence-electron chi connectivity index (χ0n) is 17.4. The fraction of sp³-hybridized carbons (Fsp3) is 0.650. The highest BCUT2D eigenvalue weighted by atomic mass is 127. The van der Waals surface area contributed by atoms with Gasteiger partial charge in [0.1, 0.15) is 5.82 Å². The molecule has 1 unspecified atom stereocenters. The topological polar surface area (TPSA) is 82.1 Å². The van der Waals surface area contributed by atoms with Crippen molar-refractivity contribution in [1.29, 1.82) is 0 Å². The van der Waals surface area contributed by atoms with Gasteiger partial charge in [-0.2, -0.15) is 0 Å². The predicted molar refractivity (Wildman–Crippen MR) is 126 cm³/mol. The second-order valence-corrected chi connectivity index (χ2v) is 7.23. The predicted octanol–water partition coefficient (Wildman–Crippen LogP) is 1.71. The molecular formula is C20H33IN6O2. The number of nitrogens with zero attached hydrogens (tertiary/aromatic N) is 4. The molecular weight excluding hydrogens is 483 g/mol. The number of aromatic nitrogens is 1. The molecule has 1 atom stereocenters. The van der Waals surface area contributed by atoms with E-state index in [4.69, 9.17) is 4.74 Å². The standard InChI is InChI=1S/C20H32N6O2.HI/c1-3-21-20(26-10-8-17(15-26)25-11-13-28-14-12-25)22-9-7-19(27)24-18-6-4-5-16(2)23-18;/h4-6,17H,3,7-15H2,1-2H3,(H,21,22)(H,23,24,27);1H. The largest absolute Gasteiger partial charge is 0.379 e. The molecule has 0 spiro atoms. The molecule has 2 aliphatic rings. The number of guanidine groups is 1. The van der Waals surface area contributed by atoms with Gasteiger partial charge in [0.25, 0.3) is 0 Å². The van der Waals surface area contributed by atoms with Gasteiger partial charge in [0, 0.05) is 50.9 Å². The molecule has 2 aliphatic heterocycles. The van der Waals surface area contributed by atoms with Crippen molar-refractivity contribution in [2.45, 2.75) is 32.7 Å². The third kappa shape index (κ3) is 7.38. The number of aryl methyl sites for hydroxylation is 1. The lowest BCUT2D eigenvalue weighted by Gasteiger charge is -2.32. The van der Waals surface area contributed by atoms with Gasteiger partial charge in [0.2, 0.25) is 5.91 Å². The average Bonchev–Trinajstić information content (AvgIpc) is 3.18. The zero-order chi connectivity index (χ0) is 19.8. The first-order valence-corrected chi connectivity index (χ1v) is 10.2. The molecule has 0 aliphatic carbocycles. The van der Waals surface area contributed by atoms with E-state index in [1.807, 2.05) is 19.1 Å². The minimum absolute atomic E-state index is 0. The van der Waals surface area contributed by atoms with Crippen LogP contribution in [0, 0.1) is 6.92 Å². The van der Waals surface area contributed by atoms with Crippen LogP contribution >= 0.6 is 24.0 Å². The lowest BCUT2D eigenvalue weighted by Crippen LogP contribution is -2.46. The Morgan fingerprint density at radius 2 is 2.10 bits per heavy atom. The van der Waals surface area contributed by atoms with Crippen LogP contribution in [0.4, 0.5) is 5.82 Å². The van der Waals surface area contributed by atoms with Gasteiger partial charge in [-0.25, -0.2) is 4.98 Å². The van der Waals surface area contributed by atoms with E-state index in [1.54, 1.807) is 6.07 Å². The minimum atomic E-state index is -0.0645. The molecule has 9 heteroatoms. The van der Waals surface area contributed by atoms with Crippen LogP contribution in [0.15, 0.2) is 23.2 Å². The fourth-order valence-corrected chi connectivity index (χ4v) is 3.68. The molecule has 0 radical (unpaired) electrons. The number of hydrogen-bond acceptors (Lipinski definition) is 5. The average molecular weight is 516 g/mol. The molecule has 3 rings (SSSR count). The molecule has 1 aromatic rings. The Kier molecular flexibility index (Phi) is 10.1.